The van der Waals surface area contributed by atoms with Crippen molar-refractivity contribution in [1.82, 2.24) is 0 Å². The SMILES string of the molecule is O.O.O.O.O.O.O.OB(O)O.OB(O)O.[Zn].[Zn].[Zn]. The molecule has 0 heterocycles. The Morgan fingerprint density at radius 3 is 0.333 bits per heavy atom. The van der Waals surface area contributed by atoms with Gasteiger partial charge in [0, 0.05) is 58.4 Å². The molecule has 0 atom stereocenters. The van der Waals surface area contributed by atoms with Crippen molar-refractivity contribution in [3.63, 3.8) is 0 Å². The second-order valence-electron chi connectivity index (χ2n) is 0.693. The predicted octanol–water partition coefficient (Wildman–Crippen LogP) is -9.88. The molecule has 0 amide bonds. The first-order valence-corrected chi connectivity index (χ1v) is 1.55. The van der Waals surface area contributed by atoms with Gasteiger partial charge in [-0.3, -0.25) is 0 Å². The Labute approximate surface area is 141 Å². The molecule has 0 saturated heterocycles. The normalized spacial score (nSPS) is 3.00. The summed E-state index contributed by atoms with van der Waals surface area (Å²) in [6, 6.07) is 0. The molecule has 18 heavy (non-hydrogen) atoms. The average molecular weight is 446 g/mol. The summed E-state index contributed by atoms with van der Waals surface area (Å²) in [4.78, 5) is 0. The third kappa shape index (κ3) is 2170. The van der Waals surface area contributed by atoms with Crippen LogP contribution in [0.15, 0.2) is 0 Å². The van der Waals surface area contributed by atoms with Crippen molar-refractivity contribution in [3.8, 4) is 0 Å². The van der Waals surface area contributed by atoms with Crippen LogP contribution in [0.2, 0.25) is 0 Å². The smallest absolute Gasteiger partial charge is 0.412 e. The molecule has 0 spiro atoms. The van der Waals surface area contributed by atoms with Crippen molar-refractivity contribution >= 4 is 14.6 Å². The van der Waals surface area contributed by atoms with Gasteiger partial charge >= 0.3 is 14.6 Å². The van der Waals surface area contributed by atoms with Crippen molar-refractivity contribution in [2.75, 3.05) is 0 Å². The van der Waals surface area contributed by atoms with Crippen molar-refractivity contribution in [2.24, 2.45) is 0 Å². The molecule has 0 aromatic rings. The zero-order chi connectivity index (χ0) is 7.15. The summed E-state index contributed by atoms with van der Waals surface area (Å²) in [6.45, 7) is 0. The van der Waals surface area contributed by atoms with Crippen LogP contribution in [0.1, 0.15) is 0 Å². The van der Waals surface area contributed by atoms with Gasteiger partial charge in [0.1, 0.15) is 0 Å². The van der Waals surface area contributed by atoms with E-state index in [-0.39, 0.29) is 96.8 Å². The topological polar surface area (TPSA) is 342 Å². The summed E-state index contributed by atoms with van der Waals surface area (Å²) < 4.78 is 0. The fourth-order valence-electron chi connectivity index (χ4n) is 0. The first kappa shape index (κ1) is 119. The van der Waals surface area contributed by atoms with Gasteiger partial charge in [0.2, 0.25) is 0 Å². The second kappa shape index (κ2) is 101. The van der Waals surface area contributed by atoms with Crippen LogP contribution in [0.5, 0.6) is 0 Å². The van der Waals surface area contributed by atoms with E-state index < -0.39 is 14.6 Å². The minimum Gasteiger partial charge on any atom is -0.412 e. The van der Waals surface area contributed by atoms with Crippen LogP contribution in [0.4, 0.5) is 0 Å². The van der Waals surface area contributed by atoms with Gasteiger partial charge in [-0.25, -0.2) is 0 Å². The molecular weight excluding hydrogens is 426 g/mol. The molecule has 20 N–H and O–H groups in total. The third-order valence-electron chi connectivity index (χ3n) is 0. The van der Waals surface area contributed by atoms with E-state index in [1.165, 1.54) is 0 Å². The summed E-state index contributed by atoms with van der Waals surface area (Å²) in [6.07, 6.45) is 0. The van der Waals surface area contributed by atoms with E-state index >= 15 is 0 Å². The van der Waals surface area contributed by atoms with E-state index in [1.54, 1.807) is 0 Å². The van der Waals surface area contributed by atoms with E-state index in [1.807, 2.05) is 0 Å². The Kier molecular flexibility index (Phi) is 667. The fraction of sp³-hybridized carbons (Fsp3) is 0. The summed E-state index contributed by atoms with van der Waals surface area (Å²) in [5.74, 6) is 0. The van der Waals surface area contributed by atoms with Gasteiger partial charge < -0.3 is 68.5 Å². The molecule has 18 heteroatoms. The number of hydrogen-bond acceptors (Lipinski definition) is 6. The molecule has 0 aliphatic rings. The Morgan fingerprint density at radius 1 is 0.333 bits per heavy atom. The average Bonchev–Trinajstić information content (AvgIpc) is 1.25. The van der Waals surface area contributed by atoms with Gasteiger partial charge in [0.25, 0.3) is 0 Å². The molecule has 0 aliphatic heterocycles. The minimum absolute atomic E-state index is 0. The van der Waals surface area contributed by atoms with Crippen molar-refractivity contribution in [1.29, 1.82) is 0 Å². The van der Waals surface area contributed by atoms with E-state index in [0.717, 1.165) is 0 Å². The van der Waals surface area contributed by atoms with Crippen LogP contribution in [-0.2, 0) is 58.4 Å². The van der Waals surface area contributed by atoms with Gasteiger partial charge in [-0.1, -0.05) is 0 Å². The quantitative estimate of drug-likeness (QED) is 0.196. The van der Waals surface area contributed by atoms with Crippen LogP contribution in [0.3, 0.4) is 0 Å². The summed E-state index contributed by atoms with van der Waals surface area (Å²) in [7, 11) is -4.33. The zero-order valence-corrected chi connectivity index (χ0v) is 18.4. The molecule has 13 nitrogen and oxygen atoms in total. The Hall–Kier alpha value is 1.48. The molecule has 0 aromatic carbocycles. The van der Waals surface area contributed by atoms with E-state index in [2.05, 4.69) is 0 Å². The molecule has 0 bridgehead atoms. The molecular formula is H20B2O13Zn3. The van der Waals surface area contributed by atoms with Crippen molar-refractivity contribution in [3.05, 3.63) is 0 Å². The summed E-state index contributed by atoms with van der Waals surface area (Å²) in [5.41, 5.74) is 0. The molecule has 0 aromatic heterocycles. The number of rotatable bonds is 0. The van der Waals surface area contributed by atoms with Crippen LogP contribution in [0, 0.1) is 0 Å². The Bertz CT molecular complexity index is 35.7. The van der Waals surface area contributed by atoms with Crippen LogP contribution in [-0.4, -0.2) is 83.1 Å². The molecule has 0 unspecified atom stereocenters. The maximum Gasteiger partial charge on any atom is 0.631 e. The Balaban J connectivity index is -0.00000000257. The zero-order valence-electron chi connectivity index (χ0n) is 9.46. The van der Waals surface area contributed by atoms with Crippen LogP contribution in [0.25, 0.3) is 0 Å². The molecule has 0 fully saturated rings. The van der Waals surface area contributed by atoms with E-state index in [0.29, 0.717) is 0 Å². The third-order valence-corrected chi connectivity index (χ3v) is 0. The predicted molar refractivity (Wildman–Crippen MR) is 50.1 cm³/mol. The first-order chi connectivity index (χ1) is 3.46. The molecule has 0 rings (SSSR count). The first-order valence-electron chi connectivity index (χ1n) is 1.55. The number of hydrogen-bond donors (Lipinski definition) is 6. The molecule has 0 aliphatic carbocycles. The van der Waals surface area contributed by atoms with Gasteiger partial charge in [0.15, 0.2) is 0 Å². The molecule has 110 valence electrons. The second-order valence-corrected chi connectivity index (χ2v) is 0.693. The maximum atomic E-state index is 7.17. The van der Waals surface area contributed by atoms with Crippen LogP contribution < -0.4 is 0 Å². The molecule has 0 radical (unpaired) electrons. The van der Waals surface area contributed by atoms with Crippen molar-refractivity contribution in [2.45, 2.75) is 0 Å². The van der Waals surface area contributed by atoms with E-state index in [9.17, 15) is 0 Å². The molecule has 0 saturated carbocycles. The minimum atomic E-state index is -2.17. The maximum absolute atomic E-state index is 7.17. The van der Waals surface area contributed by atoms with Gasteiger partial charge in [-0.2, -0.15) is 0 Å². The summed E-state index contributed by atoms with van der Waals surface area (Å²) >= 11 is 0. The monoisotopic (exact) mass is 442 g/mol. The Morgan fingerprint density at radius 2 is 0.333 bits per heavy atom. The standard InChI is InChI=1S/2BH3O3.7H2O.3Zn/c2*2-1(3)4;;;;;;;;;;/h2*2-4H;7*1H2;;;. The summed E-state index contributed by atoms with van der Waals surface area (Å²) in [5, 5.41) is 43.0. The van der Waals surface area contributed by atoms with Gasteiger partial charge in [-0.05, 0) is 0 Å². The fourth-order valence-corrected chi connectivity index (χ4v) is 0. The van der Waals surface area contributed by atoms with Crippen LogP contribution >= 0.6 is 0 Å². The van der Waals surface area contributed by atoms with Crippen molar-refractivity contribution < 1.29 is 127 Å². The largest absolute Gasteiger partial charge is 0.631 e. The van der Waals surface area contributed by atoms with Gasteiger partial charge in [-0.15, -0.1) is 0 Å². The van der Waals surface area contributed by atoms with E-state index in [4.69, 9.17) is 30.1 Å². The van der Waals surface area contributed by atoms with Gasteiger partial charge in [0.05, 0.1) is 0 Å².